The molecule has 24 heavy (non-hydrogen) atoms. The zero-order valence-corrected chi connectivity index (χ0v) is 14.9. The number of nitrogens with zero attached hydrogens (tertiary/aromatic N) is 2. The Balaban J connectivity index is 2.05. The molecule has 0 aliphatic rings. The van der Waals surface area contributed by atoms with E-state index in [1.54, 1.807) is 25.1 Å². The summed E-state index contributed by atoms with van der Waals surface area (Å²) >= 11 is 16.9. The molecule has 126 valence electrons. The lowest BCUT2D eigenvalue weighted by molar-refractivity contribution is 0.280. The van der Waals surface area contributed by atoms with Crippen molar-refractivity contribution >= 4 is 52.4 Å². The molecule has 0 fully saturated rings. The molecule has 1 heterocycles. The van der Waals surface area contributed by atoms with Crippen molar-refractivity contribution in [2.75, 3.05) is 5.32 Å². The van der Waals surface area contributed by atoms with Gasteiger partial charge in [0.2, 0.25) is 0 Å². The Hall–Kier alpha value is -1.93. The van der Waals surface area contributed by atoms with Gasteiger partial charge in [-0.3, -0.25) is 10.4 Å². The van der Waals surface area contributed by atoms with E-state index in [2.05, 4.69) is 20.8 Å². The molecule has 1 aromatic carbocycles. The number of thiocarbonyl (C=S) groups is 1. The summed E-state index contributed by atoms with van der Waals surface area (Å²) in [4.78, 5) is 3.97. The fourth-order valence-corrected chi connectivity index (χ4v) is 2.28. The highest BCUT2D eigenvalue weighted by Gasteiger charge is 2.09. The number of aliphatic hydroxyl groups is 1. The first kappa shape index (κ1) is 18.4. The Bertz CT molecular complexity index is 799. The topological polar surface area (TPSA) is 89.8 Å². The van der Waals surface area contributed by atoms with E-state index in [9.17, 15) is 10.2 Å². The number of rotatable bonds is 4. The maximum absolute atomic E-state index is 10.00. The highest BCUT2D eigenvalue weighted by atomic mass is 35.5. The standard InChI is InChI=1S/C15H14Cl2N4O2S/c1-8-14(23)11(9(7-22)5-18-8)6-19-21-15(24)20-10-2-3-12(16)13(17)4-10/h2-6,22-23H,7H2,1H3,(H2,20,21,24). The van der Waals surface area contributed by atoms with Gasteiger partial charge in [-0.2, -0.15) is 5.10 Å². The zero-order chi connectivity index (χ0) is 17.7. The molecule has 9 heteroatoms. The van der Waals surface area contributed by atoms with E-state index >= 15 is 0 Å². The molecule has 2 aromatic rings. The minimum Gasteiger partial charge on any atom is -0.505 e. The minimum absolute atomic E-state index is 0.0459. The zero-order valence-electron chi connectivity index (χ0n) is 12.5. The SMILES string of the molecule is Cc1ncc(CO)c(C=NNC(=S)Nc2ccc(Cl)c(Cl)c2)c1O. The van der Waals surface area contributed by atoms with Crippen molar-refractivity contribution in [3.05, 3.63) is 51.3 Å². The molecule has 0 aliphatic carbocycles. The average Bonchev–Trinajstić information content (AvgIpc) is 2.55. The van der Waals surface area contributed by atoms with Crippen LogP contribution in [0.4, 0.5) is 5.69 Å². The van der Waals surface area contributed by atoms with Gasteiger partial charge in [-0.15, -0.1) is 0 Å². The van der Waals surface area contributed by atoms with Crippen LogP contribution in [0.3, 0.4) is 0 Å². The van der Waals surface area contributed by atoms with Crippen LogP contribution in [-0.4, -0.2) is 26.5 Å². The van der Waals surface area contributed by atoms with E-state index in [4.69, 9.17) is 35.4 Å². The molecule has 0 aliphatic heterocycles. The van der Waals surface area contributed by atoms with Crippen molar-refractivity contribution < 1.29 is 10.2 Å². The number of aromatic nitrogens is 1. The molecule has 1 aromatic heterocycles. The molecule has 0 amide bonds. The Kier molecular flexibility index (Phi) is 6.33. The summed E-state index contributed by atoms with van der Waals surface area (Å²) in [6.07, 6.45) is 2.83. The van der Waals surface area contributed by atoms with Crippen LogP contribution >= 0.6 is 35.4 Å². The predicted octanol–water partition coefficient (Wildman–Crippen LogP) is 3.22. The van der Waals surface area contributed by atoms with Gasteiger partial charge >= 0.3 is 0 Å². The smallest absolute Gasteiger partial charge is 0.191 e. The van der Waals surface area contributed by atoms with Gasteiger partial charge in [-0.25, -0.2) is 0 Å². The first-order valence-corrected chi connectivity index (χ1v) is 7.92. The predicted molar refractivity (Wildman–Crippen MR) is 100.0 cm³/mol. The van der Waals surface area contributed by atoms with Gasteiger partial charge < -0.3 is 15.5 Å². The van der Waals surface area contributed by atoms with Gasteiger partial charge in [-0.05, 0) is 37.3 Å². The van der Waals surface area contributed by atoms with E-state index in [1.807, 2.05) is 0 Å². The molecule has 0 bridgehead atoms. The first-order chi connectivity index (χ1) is 11.4. The van der Waals surface area contributed by atoms with Crippen molar-refractivity contribution in [2.24, 2.45) is 5.10 Å². The molecule has 0 saturated heterocycles. The third kappa shape index (κ3) is 4.55. The molecule has 2 rings (SSSR count). The van der Waals surface area contributed by atoms with E-state index in [0.29, 0.717) is 32.6 Å². The second-order valence-electron chi connectivity index (χ2n) is 4.74. The van der Waals surface area contributed by atoms with E-state index in [0.717, 1.165) is 0 Å². The molecular formula is C15H14Cl2N4O2S. The summed E-state index contributed by atoms with van der Waals surface area (Å²) in [7, 11) is 0. The molecule has 6 nitrogen and oxygen atoms in total. The molecule has 0 radical (unpaired) electrons. The van der Waals surface area contributed by atoms with Crippen molar-refractivity contribution in [1.82, 2.24) is 10.4 Å². The number of benzene rings is 1. The average molecular weight is 385 g/mol. The van der Waals surface area contributed by atoms with Crippen LogP contribution in [0.15, 0.2) is 29.5 Å². The van der Waals surface area contributed by atoms with Crippen LogP contribution in [0.25, 0.3) is 0 Å². The molecule has 0 unspecified atom stereocenters. The fourth-order valence-electron chi connectivity index (χ4n) is 1.81. The number of hydrogen-bond donors (Lipinski definition) is 4. The lowest BCUT2D eigenvalue weighted by atomic mass is 10.1. The maximum Gasteiger partial charge on any atom is 0.191 e. The third-order valence-electron chi connectivity index (χ3n) is 3.07. The molecule has 0 spiro atoms. The molecule has 0 saturated carbocycles. The van der Waals surface area contributed by atoms with Crippen molar-refractivity contribution in [3.8, 4) is 5.75 Å². The van der Waals surface area contributed by atoms with E-state index in [-0.39, 0.29) is 17.5 Å². The van der Waals surface area contributed by atoms with Crippen LogP contribution in [0.1, 0.15) is 16.8 Å². The largest absolute Gasteiger partial charge is 0.505 e. The van der Waals surface area contributed by atoms with Crippen molar-refractivity contribution in [2.45, 2.75) is 13.5 Å². The summed E-state index contributed by atoms with van der Waals surface area (Å²) in [5.74, 6) is -0.0459. The van der Waals surface area contributed by atoms with Gasteiger partial charge in [0, 0.05) is 23.0 Å². The van der Waals surface area contributed by atoms with Crippen LogP contribution in [0.2, 0.25) is 10.0 Å². The number of aryl methyl sites for hydroxylation is 1. The minimum atomic E-state index is -0.270. The highest BCUT2D eigenvalue weighted by Crippen LogP contribution is 2.25. The lowest BCUT2D eigenvalue weighted by Crippen LogP contribution is -2.23. The summed E-state index contributed by atoms with van der Waals surface area (Å²) in [6, 6.07) is 4.99. The number of hydrazone groups is 1. The Labute approximate surface area is 154 Å². The molecular weight excluding hydrogens is 371 g/mol. The number of anilines is 1. The van der Waals surface area contributed by atoms with Crippen LogP contribution in [0.5, 0.6) is 5.75 Å². The van der Waals surface area contributed by atoms with Crippen LogP contribution in [0, 0.1) is 6.92 Å². The van der Waals surface area contributed by atoms with E-state index in [1.165, 1.54) is 12.4 Å². The highest BCUT2D eigenvalue weighted by molar-refractivity contribution is 7.80. The second kappa shape index (κ2) is 8.25. The number of halogens is 2. The Morgan fingerprint density at radius 3 is 2.79 bits per heavy atom. The maximum atomic E-state index is 10.00. The number of pyridine rings is 1. The normalized spacial score (nSPS) is 10.8. The van der Waals surface area contributed by atoms with E-state index < -0.39 is 0 Å². The number of hydrogen-bond acceptors (Lipinski definition) is 5. The summed E-state index contributed by atoms with van der Waals surface area (Å²) in [5, 5.41) is 27.2. The summed E-state index contributed by atoms with van der Waals surface area (Å²) in [5.41, 5.74) is 4.52. The fraction of sp³-hybridized carbons (Fsp3) is 0.133. The Morgan fingerprint density at radius 2 is 2.12 bits per heavy atom. The quantitative estimate of drug-likeness (QED) is 0.367. The second-order valence-corrected chi connectivity index (χ2v) is 5.96. The van der Waals surface area contributed by atoms with Gasteiger partial charge in [-0.1, -0.05) is 23.2 Å². The molecule has 0 atom stereocenters. The van der Waals surface area contributed by atoms with Crippen LogP contribution in [-0.2, 0) is 6.61 Å². The van der Waals surface area contributed by atoms with Crippen LogP contribution < -0.4 is 10.7 Å². The summed E-state index contributed by atoms with van der Waals surface area (Å²) < 4.78 is 0. The van der Waals surface area contributed by atoms with Crippen molar-refractivity contribution in [1.29, 1.82) is 0 Å². The first-order valence-electron chi connectivity index (χ1n) is 6.75. The van der Waals surface area contributed by atoms with Gasteiger partial charge in [0.1, 0.15) is 5.75 Å². The summed E-state index contributed by atoms with van der Waals surface area (Å²) in [6.45, 7) is 1.38. The number of aromatic hydroxyl groups is 1. The molecule has 4 N–H and O–H groups in total. The number of nitrogens with one attached hydrogen (secondary N) is 2. The van der Waals surface area contributed by atoms with Crippen molar-refractivity contribution in [3.63, 3.8) is 0 Å². The van der Waals surface area contributed by atoms with Gasteiger partial charge in [0.15, 0.2) is 5.11 Å². The lowest BCUT2D eigenvalue weighted by Gasteiger charge is -2.09. The third-order valence-corrected chi connectivity index (χ3v) is 4.00. The van der Waals surface area contributed by atoms with Gasteiger partial charge in [0.25, 0.3) is 0 Å². The van der Waals surface area contributed by atoms with Gasteiger partial charge in [0.05, 0.1) is 28.6 Å². The Morgan fingerprint density at radius 1 is 1.38 bits per heavy atom. The monoisotopic (exact) mass is 384 g/mol. The number of aliphatic hydroxyl groups excluding tert-OH is 1.